The van der Waals surface area contributed by atoms with Crippen LogP contribution in [0.4, 0.5) is 0 Å². The maximum absolute atomic E-state index is 9.55. The first-order chi connectivity index (χ1) is 6.20. The minimum absolute atomic E-state index is 0.0255. The zero-order chi connectivity index (χ0) is 9.84. The van der Waals surface area contributed by atoms with E-state index in [4.69, 9.17) is 16.9 Å². The molecular formula is C10H10ClNO. The molecule has 0 aliphatic carbocycles. The molecule has 0 fully saturated rings. The summed E-state index contributed by atoms with van der Waals surface area (Å²) in [5.74, 6) is -0.253. The van der Waals surface area contributed by atoms with Crippen LogP contribution >= 0.6 is 11.6 Å². The van der Waals surface area contributed by atoms with E-state index in [1.165, 1.54) is 0 Å². The molecule has 0 aromatic heterocycles. The van der Waals surface area contributed by atoms with Crippen molar-refractivity contribution in [2.45, 2.75) is 19.3 Å². The Labute approximate surface area is 82.4 Å². The van der Waals surface area contributed by atoms with Crippen LogP contribution in [-0.4, -0.2) is 5.11 Å². The lowest BCUT2D eigenvalue weighted by molar-refractivity contribution is 0.465. The third-order valence-electron chi connectivity index (χ3n) is 1.96. The molecule has 0 heterocycles. The van der Waals surface area contributed by atoms with Gasteiger partial charge in [0.25, 0.3) is 0 Å². The Kier molecular flexibility index (Phi) is 3.16. The van der Waals surface area contributed by atoms with Crippen molar-refractivity contribution in [3.8, 4) is 11.8 Å². The molecule has 0 amide bonds. The minimum atomic E-state index is -0.279. The number of phenolic OH excluding ortho intramolecular Hbond substituents is 1. The molecule has 1 atom stereocenters. The van der Waals surface area contributed by atoms with Crippen molar-refractivity contribution in [1.82, 2.24) is 0 Å². The van der Waals surface area contributed by atoms with Gasteiger partial charge in [0.15, 0.2) is 0 Å². The number of hydrogen-bond donors (Lipinski definition) is 1. The van der Waals surface area contributed by atoms with Crippen molar-refractivity contribution in [3.63, 3.8) is 0 Å². The first kappa shape index (κ1) is 9.88. The van der Waals surface area contributed by atoms with Gasteiger partial charge >= 0.3 is 0 Å². The topological polar surface area (TPSA) is 44.0 Å². The van der Waals surface area contributed by atoms with E-state index in [1.54, 1.807) is 18.2 Å². The second-order valence-electron chi connectivity index (χ2n) is 2.77. The number of phenols is 1. The molecule has 0 spiro atoms. The summed E-state index contributed by atoms with van der Waals surface area (Å²) >= 11 is 5.71. The maximum Gasteiger partial charge on any atom is 0.138 e. The molecule has 1 unspecified atom stereocenters. The number of nitriles is 1. The van der Waals surface area contributed by atoms with Crippen molar-refractivity contribution in [2.24, 2.45) is 0 Å². The third kappa shape index (κ3) is 1.93. The third-order valence-corrected chi connectivity index (χ3v) is 2.26. The summed E-state index contributed by atoms with van der Waals surface area (Å²) in [6.07, 6.45) is 0.671. The highest BCUT2D eigenvalue weighted by atomic mass is 35.5. The molecule has 0 aliphatic heterocycles. The lowest BCUT2D eigenvalue weighted by Crippen LogP contribution is -1.93. The molecule has 3 heteroatoms. The van der Waals surface area contributed by atoms with Crippen molar-refractivity contribution in [2.75, 3.05) is 0 Å². The standard InChI is InChI=1S/C10H10ClNO/c1-2-7(6-12)8-4-3-5-9(11)10(8)13/h3-5,7,13H,2H2,1H3. The fourth-order valence-corrected chi connectivity index (χ4v) is 1.38. The average molecular weight is 196 g/mol. The minimum Gasteiger partial charge on any atom is -0.506 e. The van der Waals surface area contributed by atoms with Gasteiger partial charge in [-0.2, -0.15) is 5.26 Å². The second-order valence-corrected chi connectivity index (χ2v) is 3.17. The number of hydrogen-bond acceptors (Lipinski definition) is 2. The highest BCUT2D eigenvalue weighted by molar-refractivity contribution is 6.32. The number of para-hydroxylation sites is 1. The maximum atomic E-state index is 9.55. The number of nitrogens with zero attached hydrogens (tertiary/aromatic N) is 1. The van der Waals surface area contributed by atoms with Gasteiger partial charge in [-0.1, -0.05) is 30.7 Å². The van der Waals surface area contributed by atoms with Gasteiger partial charge in [0.2, 0.25) is 0 Å². The Morgan fingerprint density at radius 1 is 1.62 bits per heavy atom. The summed E-state index contributed by atoms with van der Waals surface area (Å²) in [6.45, 7) is 1.90. The van der Waals surface area contributed by atoms with Crippen molar-refractivity contribution < 1.29 is 5.11 Å². The lowest BCUT2D eigenvalue weighted by Gasteiger charge is -2.09. The van der Waals surface area contributed by atoms with Crippen LogP contribution < -0.4 is 0 Å². The molecule has 13 heavy (non-hydrogen) atoms. The molecule has 68 valence electrons. The average Bonchev–Trinajstić information content (AvgIpc) is 2.14. The van der Waals surface area contributed by atoms with Gasteiger partial charge in [-0.25, -0.2) is 0 Å². The smallest absolute Gasteiger partial charge is 0.138 e. The second kappa shape index (κ2) is 4.15. The van der Waals surface area contributed by atoms with E-state index in [0.29, 0.717) is 17.0 Å². The van der Waals surface area contributed by atoms with Crippen molar-refractivity contribution in [3.05, 3.63) is 28.8 Å². The van der Waals surface area contributed by atoms with E-state index in [1.807, 2.05) is 6.92 Å². The molecule has 1 N–H and O–H groups in total. The quantitative estimate of drug-likeness (QED) is 0.788. The van der Waals surface area contributed by atoms with Crippen molar-refractivity contribution >= 4 is 11.6 Å². The Morgan fingerprint density at radius 2 is 2.31 bits per heavy atom. The van der Waals surface area contributed by atoms with Crippen LogP contribution in [0.2, 0.25) is 5.02 Å². The van der Waals surface area contributed by atoms with Crippen LogP contribution in [0.1, 0.15) is 24.8 Å². The van der Waals surface area contributed by atoms with E-state index < -0.39 is 0 Å². The van der Waals surface area contributed by atoms with E-state index in [9.17, 15) is 5.11 Å². The molecule has 1 aromatic carbocycles. The summed E-state index contributed by atoms with van der Waals surface area (Å²) < 4.78 is 0. The van der Waals surface area contributed by atoms with Crippen LogP contribution in [0.15, 0.2) is 18.2 Å². The van der Waals surface area contributed by atoms with Gasteiger partial charge < -0.3 is 5.11 Å². The lowest BCUT2D eigenvalue weighted by atomic mass is 9.97. The fraction of sp³-hybridized carbons (Fsp3) is 0.300. The first-order valence-corrected chi connectivity index (χ1v) is 4.45. The first-order valence-electron chi connectivity index (χ1n) is 4.07. The molecule has 0 aliphatic rings. The largest absolute Gasteiger partial charge is 0.506 e. The molecule has 0 saturated carbocycles. The molecular weight excluding hydrogens is 186 g/mol. The zero-order valence-electron chi connectivity index (χ0n) is 7.29. The molecule has 0 saturated heterocycles. The Bertz CT molecular complexity index is 343. The predicted molar refractivity (Wildman–Crippen MR) is 51.8 cm³/mol. The number of benzene rings is 1. The van der Waals surface area contributed by atoms with E-state index in [0.717, 1.165) is 0 Å². The van der Waals surface area contributed by atoms with Crippen molar-refractivity contribution in [1.29, 1.82) is 5.26 Å². The van der Waals surface area contributed by atoms with Gasteiger partial charge in [0.05, 0.1) is 17.0 Å². The molecule has 1 rings (SSSR count). The Balaban J connectivity index is 3.15. The number of aromatic hydroxyl groups is 1. The summed E-state index contributed by atoms with van der Waals surface area (Å²) in [7, 11) is 0. The SMILES string of the molecule is CCC(C#N)c1cccc(Cl)c1O. The van der Waals surface area contributed by atoms with Gasteiger partial charge in [0.1, 0.15) is 5.75 Å². The predicted octanol–water partition coefficient (Wildman–Crippen LogP) is 3.06. The number of halogens is 1. The highest BCUT2D eigenvalue weighted by Crippen LogP contribution is 2.33. The van der Waals surface area contributed by atoms with Crippen LogP contribution in [0.25, 0.3) is 0 Å². The van der Waals surface area contributed by atoms with Crippen LogP contribution in [0, 0.1) is 11.3 Å². The van der Waals surface area contributed by atoms with Crippen LogP contribution in [0.3, 0.4) is 0 Å². The van der Waals surface area contributed by atoms with Gasteiger partial charge in [0, 0.05) is 5.56 Å². The van der Waals surface area contributed by atoms with Crippen LogP contribution in [-0.2, 0) is 0 Å². The monoisotopic (exact) mass is 195 g/mol. The van der Waals surface area contributed by atoms with Crippen LogP contribution in [0.5, 0.6) is 5.75 Å². The molecule has 1 aromatic rings. The fourth-order valence-electron chi connectivity index (χ4n) is 1.19. The van der Waals surface area contributed by atoms with E-state index in [-0.39, 0.29) is 11.7 Å². The normalized spacial score (nSPS) is 12.1. The Morgan fingerprint density at radius 3 is 2.85 bits per heavy atom. The van der Waals surface area contributed by atoms with Gasteiger partial charge in [-0.05, 0) is 12.5 Å². The summed E-state index contributed by atoms with van der Waals surface area (Å²) in [5, 5.41) is 18.6. The van der Waals surface area contributed by atoms with E-state index in [2.05, 4.69) is 6.07 Å². The summed E-state index contributed by atoms with van der Waals surface area (Å²) in [6, 6.07) is 7.17. The molecule has 0 bridgehead atoms. The zero-order valence-corrected chi connectivity index (χ0v) is 8.04. The molecule has 0 radical (unpaired) electrons. The highest BCUT2D eigenvalue weighted by Gasteiger charge is 2.13. The summed E-state index contributed by atoms with van der Waals surface area (Å²) in [5.41, 5.74) is 0.609. The Hall–Kier alpha value is -1.20. The number of rotatable bonds is 2. The van der Waals surface area contributed by atoms with Gasteiger partial charge in [-0.3, -0.25) is 0 Å². The van der Waals surface area contributed by atoms with Gasteiger partial charge in [-0.15, -0.1) is 0 Å². The summed E-state index contributed by atoms with van der Waals surface area (Å²) in [4.78, 5) is 0. The molecule has 2 nitrogen and oxygen atoms in total. The van der Waals surface area contributed by atoms with E-state index >= 15 is 0 Å².